The zero-order valence-electron chi connectivity index (χ0n) is 12.4. The average Bonchev–Trinajstić information content (AvgIpc) is 2.51. The number of aliphatic imine (C=N–C) groups is 1. The first-order valence-electron chi connectivity index (χ1n) is 6.81. The number of rotatable bonds is 6. The molecule has 0 bridgehead atoms. The molecular formula is C16H14ClN2O4-. The zero-order valence-corrected chi connectivity index (χ0v) is 13.1. The molecule has 0 N–H and O–H groups in total. The van der Waals surface area contributed by atoms with Crippen molar-refractivity contribution < 1.29 is 14.8 Å². The molecule has 0 atom stereocenters. The van der Waals surface area contributed by atoms with Crippen molar-refractivity contribution in [1.82, 2.24) is 0 Å². The lowest BCUT2D eigenvalue weighted by atomic mass is 10.2. The molecular weight excluding hydrogens is 320 g/mol. The Morgan fingerprint density at radius 3 is 2.65 bits per heavy atom. The van der Waals surface area contributed by atoms with Gasteiger partial charge < -0.3 is 9.84 Å². The standard InChI is InChI=1S/C16H15ClN2O4/c1-11-2-4-14(5-3-11)23-7-6-18-10-12-8-13(17)9-15(16(12)20)19(21)22/h2-5,8-10,20H,6-7H2,1H3/p-1. The van der Waals surface area contributed by atoms with Crippen molar-refractivity contribution in [2.24, 2.45) is 4.99 Å². The largest absolute Gasteiger partial charge is 0.867 e. The maximum absolute atomic E-state index is 11.9. The first kappa shape index (κ1) is 16.8. The van der Waals surface area contributed by atoms with Gasteiger partial charge in [0.1, 0.15) is 12.4 Å². The zero-order chi connectivity index (χ0) is 16.8. The minimum Gasteiger partial charge on any atom is -0.867 e. The van der Waals surface area contributed by atoms with E-state index in [0.717, 1.165) is 17.4 Å². The predicted molar refractivity (Wildman–Crippen MR) is 86.7 cm³/mol. The molecule has 6 nitrogen and oxygen atoms in total. The summed E-state index contributed by atoms with van der Waals surface area (Å²) in [4.78, 5) is 14.1. The third-order valence-corrected chi connectivity index (χ3v) is 3.22. The van der Waals surface area contributed by atoms with E-state index in [1.165, 1.54) is 12.3 Å². The minimum absolute atomic E-state index is 0.0829. The molecule has 0 unspecified atom stereocenters. The van der Waals surface area contributed by atoms with E-state index in [2.05, 4.69) is 4.99 Å². The molecule has 0 radical (unpaired) electrons. The second-order valence-electron chi connectivity index (χ2n) is 4.80. The summed E-state index contributed by atoms with van der Waals surface area (Å²) in [6.45, 7) is 2.63. The second-order valence-corrected chi connectivity index (χ2v) is 5.23. The lowest BCUT2D eigenvalue weighted by Crippen LogP contribution is -2.04. The van der Waals surface area contributed by atoms with Crippen LogP contribution in [0.4, 0.5) is 5.69 Å². The number of halogens is 1. The highest BCUT2D eigenvalue weighted by atomic mass is 35.5. The maximum Gasteiger partial charge on any atom is 0.263 e. The van der Waals surface area contributed by atoms with E-state index in [9.17, 15) is 15.2 Å². The Bertz CT molecular complexity index is 730. The van der Waals surface area contributed by atoms with Crippen molar-refractivity contribution >= 4 is 23.5 Å². The lowest BCUT2D eigenvalue weighted by Gasteiger charge is -2.10. The van der Waals surface area contributed by atoms with E-state index < -0.39 is 16.4 Å². The molecule has 0 heterocycles. The van der Waals surface area contributed by atoms with E-state index in [4.69, 9.17) is 16.3 Å². The number of hydrogen-bond acceptors (Lipinski definition) is 5. The Hall–Kier alpha value is -2.60. The number of aryl methyl sites for hydroxylation is 1. The van der Waals surface area contributed by atoms with E-state index in [1.807, 2.05) is 31.2 Å². The molecule has 2 aromatic carbocycles. The van der Waals surface area contributed by atoms with Gasteiger partial charge in [-0.15, -0.1) is 0 Å². The van der Waals surface area contributed by atoms with Crippen molar-refractivity contribution in [2.75, 3.05) is 13.2 Å². The van der Waals surface area contributed by atoms with Gasteiger partial charge in [-0.1, -0.05) is 29.3 Å². The van der Waals surface area contributed by atoms with E-state index in [0.29, 0.717) is 13.2 Å². The molecule has 0 spiro atoms. The molecule has 120 valence electrons. The molecule has 2 aromatic rings. The number of nitro benzene ring substituents is 1. The Labute approximate surface area is 138 Å². The summed E-state index contributed by atoms with van der Waals surface area (Å²) in [7, 11) is 0. The van der Waals surface area contributed by atoms with Crippen LogP contribution in [0.5, 0.6) is 11.5 Å². The molecule has 0 aromatic heterocycles. The van der Waals surface area contributed by atoms with Crippen molar-refractivity contribution in [2.45, 2.75) is 6.92 Å². The fraction of sp³-hybridized carbons (Fsp3) is 0.188. The van der Waals surface area contributed by atoms with Crippen LogP contribution >= 0.6 is 11.6 Å². The van der Waals surface area contributed by atoms with Crippen LogP contribution in [-0.2, 0) is 0 Å². The van der Waals surface area contributed by atoms with Gasteiger partial charge in [-0.25, -0.2) is 0 Å². The van der Waals surface area contributed by atoms with Crippen molar-refractivity contribution in [3.8, 4) is 11.5 Å². The smallest absolute Gasteiger partial charge is 0.263 e. The highest BCUT2D eigenvalue weighted by Crippen LogP contribution is 2.29. The summed E-state index contributed by atoms with van der Waals surface area (Å²) < 4.78 is 5.49. The summed E-state index contributed by atoms with van der Waals surface area (Å²) >= 11 is 5.77. The fourth-order valence-corrected chi connectivity index (χ4v) is 2.07. The highest BCUT2D eigenvalue weighted by Gasteiger charge is 2.11. The van der Waals surface area contributed by atoms with Gasteiger partial charge in [0.05, 0.1) is 11.5 Å². The number of nitrogens with zero attached hydrogens (tertiary/aromatic N) is 2. The summed E-state index contributed by atoms with van der Waals surface area (Å²) in [6.07, 6.45) is 1.28. The van der Waals surface area contributed by atoms with Crippen molar-refractivity contribution in [3.63, 3.8) is 0 Å². The predicted octanol–water partition coefficient (Wildman–Crippen LogP) is 3.13. The molecule has 7 heteroatoms. The van der Waals surface area contributed by atoms with Gasteiger partial charge in [0.15, 0.2) is 0 Å². The van der Waals surface area contributed by atoms with Gasteiger partial charge in [0.25, 0.3) is 5.69 Å². The summed E-state index contributed by atoms with van der Waals surface area (Å²) in [5.41, 5.74) is 0.662. The topological polar surface area (TPSA) is 87.8 Å². The van der Waals surface area contributed by atoms with Crippen LogP contribution in [0.15, 0.2) is 41.4 Å². The average molecular weight is 334 g/mol. The molecule has 23 heavy (non-hydrogen) atoms. The molecule has 0 aliphatic carbocycles. The Balaban J connectivity index is 1.95. The van der Waals surface area contributed by atoms with Crippen LogP contribution in [-0.4, -0.2) is 24.3 Å². The van der Waals surface area contributed by atoms with Gasteiger partial charge in [-0.05, 0) is 36.4 Å². The number of benzene rings is 2. The number of hydrogen-bond donors (Lipinski definition) is 0. The molecule has 0 aliphatic rings. The summed E-state index contributed by atoms with van der Waals surface area (Å²) in [5, 5.41) is 22.7. The molecule has 0 fully saturated rings. The first-order chi connectivity index (χ1) is 11.0. The SMILES string of the molecule is Cc1ccc(OCCN=Cc2cc(Cl)cc([N+](=O)[O-])c2[O-])cc1. The summed E-state index contributed by atoms with van der Waals surface area (Å²) in [5.74, 6) is 0.0244. The van der Waals surface area contributed by atoms with Gasteiger partial charge in [0.2, 0.25) is 0 Å². The van der Waals surface area contributed by atoms with Crippen molar-refractivity contribution in [1.29, 1.82) is 0 Å². The second kappa shape index (κ2) is 7.60. The minimum atomic E-state index is -0.758. The molecule has 0 saturated heterocycles. The third kappa shape index (κ3) is 4.69. The van der Waals surface area contributed by atoms with Crippen LogP contribution in [0.3, 0.4) is 0 Å². The van der Waals surface area contributed by atoms with Crippen LogP contribution in [0, 0.1) is 17.0 Å². The highest BCUT2D eigenvalue weighted by molar-refractivity contribution is 6.31. The molecule has 0 amide bonds. The van der Waals surface area contributed by atoms with Gasteiger partial charge in [-0.2, -0.15) is 0 Å². The monoisotopic (exact) mass is 333 g/mol. The fourth-order valence-electron chi connectivity index (χ4n) is 1.84. The van der Waals surface area contributed by atoms with Crippen LogP contribution < -0.4 is 9.84 Å². The third-order valence-electron chi connectivity index (χ3n) is 3.00. The number of nitro groups is 1. The normalized spacial score (nSPS) is 10.9. The van der Waals surface area contributed by atoms with E-state index in [1.54, 1.807) is 0 Å². The van der Waals surface area contributed by atoms with Crippen LogP contribution in [0.25, 0.3) is 0 Å². The van der Waals surface area contributed by atoms with Gasteiger partial charge in [0, 0.05) is 17.3 Å². The molecule has 2 rings (SSSR count). The molecule has 0 saturated carbocycles. The Kier molecular flexibility index (Phi) is 5.54. The summed E-state index contributed by atoms with van der Waals surface area (Å²) in [6, 6.07) is 9.97. The Morgan fingerprint density at radius 1 is 1.30 bits per heavy atom. The van der Waals surface area contributed by atoms with Gasteiger partial charge >= 0.3 is 0 Å². The lowest BCUT2D eigenvalue weighted by molar-refractivity contribution is -0.398. The molecule has 0 aliphatic heterocycles. The number of ether oxygens (including phenoxy) is 1. The van der Waals surface area contributed by atoms with Crippen LogP contribution in [0.1, 0.15) is 11.1 Å². The Morgan fingerprint density at radius 2 is 2.00 bits per heavy atom. The van der Waals surface area contributed by atoms with Crippen LogP contribution in [0.2, 0.25) is 5.02 Å². The van der Waals surface area contributed by atoms with E-state index >= 15 is 0 Å². The van der Waals surface area contributed by atoms with E-state index in [-0.39, 0.29) is 10.6 Å². The quantitative estimate of drug-likeness (QED) is 0.351. The van der Waals surface area contributed by atoms with Crippen molar-refractivity contribution in [3.05, 3.63) is 62.7 Å². The maximum atomic E-state index is 11.9. The van der Waals surface area contributed by atoms with Gasteiger partial charge in [-0.3, -0.25) is 15.1 Å². The first-order valence-corrected chi connectivity index (χ1v) is 7.19.